The normalized spacial score (nSPS) is 11.3. The maximum Gasteiger partial charge on any atom is 0.259 e. The van der Waals surface area contributed by atoms with E-state index in [2.05, 4.69) is 23.8 Å². The van der Waals surface area contributed by atoms with Crippen LogP contribution in [-0.4, -0.2) is 16.6 Å². The molecule has 0 unspecified atom stereocenters. The molecular weight excluding hydrogens is 300 g/mol. The molecule has 3 aromatic rings. The van der Waals surface area contributed by atoms with Gasteiger partial charge in [0.1, 0.15) is 5.82 Å². The summed E-state index contributed by atoms with van der Waals surface area (Å²) in [6, 6.07) is 13.8. The van der Waals surface area contributed by atoms with Crippen LogP contribution in [-0.2, 0) is 11.3 Å². The summed E-state index contributed by atoms with van der Waals surface area (Å²) >= 11 is 0. The van der Waals surface area contributed by atoms with Gasteiger partial charge in [-0.25, -0.2) is 4.98 Å². The molecule has 2 aromatic carbocycles. The molecule has 124 valence electrons. The standard InChI is InChI=1S/C20H22N2O2/c1-4-24-12-14-5-7-15(8-6-14)19-21-18-10-9-16(13(2)3)11-17(18)20(23)22-19/h5-11,13H,4,12H2,1-3H3,(H,21,22,23). The Morgan fingerprint density at radius 2 is 1.88 bits per heavy atom. The SMILES string of the molecule is CCOCc1ccc(-c2nc3ccc(C(C)C)cc3c(=O)[nH]2)cc1. The van der Waals surface area contributed by atoms with E-state index in [1.165, 1.54) is 0 Å². The fourth-order valence-corrected chi connectivity index (χ4v) is 2.63. The predicted molar refractivity (Wildman–Crippen MR) is 97.2 cm³/mol. The van der Waals surface area contributed by atoms with E-state index in [0.717, 1.165) is 22.2 Å². The molecule has 0 fully saturated rings. The number of aromatic amines is 1. The zero-order chi connectivity index (χ0) is 17.1. The van der Waals surface area contributed by atoms with Crippen molar-refractivity contribution in [1.29, 1.82) is 0 Å². The Balaban J connectivity index is 1.98. The van der Waals surface area contributed by atoms with Crippen LogP contribution < -0.4 is 5.56 Å². The summed E-state index contributed by atoms with van der Waals surface area (Å²) in [6.07, 6.45) is 0. The van der Waals surface area contributed by atoms with E-state index in [1.54, 1.807) is 0 Å². The van der Waals surface area contributed by atoms with Crippen LogP contribution in [0, 0.1) is 0 Å². The van der Waals surface area contributed by atoms with Crippen molar-refractivity contribution in [2.75, 3.05) is 6.61 Å². The second-order valence-electron chi connectivity index (χ2n) is 6.18. The highest BCUT2D eigenvalue weighted by Crippen LogP contribution is 2.21. The monoisotopic (exact) mass is 322 g/mol. The van der Waals surface area contributed by atoms with Crippen LogP contribution in [0.2, 0.25) is 0 Å². The van der Waals surface area contributed by atoms with E-state index in [0.29, 0.717) is 30.3 Å². The molecule has 0 spiro atoms. The summed E-state index contributed by atoms with van der Waals surface area (Å²) in [6.45, 7) is 7.49. The molecule has 3 rings (SSSR count). The molecule has 0 saturated carbocycles. The molecule has 0 atom stereocenters. The average Bonchev–Trinajstić information content (AvgIpc) is 2.60. The molecule has 4 heteroatoms. The summed E-state index contributed by atoms with van der Waals surface area (Å²) < 4.78 is 5.40. The van der Waals surface area contributed by atoms with E-state index in [-0.39, 0.29) is 5.56 Å². The number of H-pyrrole nitrogens is 1. The predicted octanol–water partition coefficient (Wildman–Crippen LogP) is 4.25. The Labute approximate surface area is 141 Å². The Morgan fingerprint density at radius 3 is 2.54 bits per heavy atom. The van der Waals surface area contributed by atoms with Crippen LogP contribution in [0.25, 0.3) is 22.3 Å². The number of fused-ring (bicyclic) bond motifs is 1. The van der Waals surface area contributed by atoms with Gasteiger partial charge < -0.3 is 9.72 Å². The lowest BCUT2D eigenvalue weighted by Crippen LogP contribution is -2.10. The molecule has 0 radical (unpaired) electrons. The number of rotatable bonds is 5. The summed E-state index contributed by atoms with van der Waals surface area (Å²) in [5.41, 5.74) is 3.75. The Kier molecular flexibility index (Phi) is 4.76. The van der Waals surface area contributed by atoms with Gasteiger partial charge in [-0.2, -0.15) is 0 Å². The Bertz CT molecular complexity index is 896. The molecular formula is C20H22N2O2. The van der Waals surface area contributed by atoms with Gasteiger partial charge in [-0.1, -0.05) is 44.2 Å². The minimum Gasteiger partial charge on any atom is -0.377 e. The molecule has 1 heterocycles. The molecule has 24 heavy (non-hydrogen) atoms. The molecule has 0 saturated heterocycles. The largest absolute Gasteiger partial charge is 0.377 e. The van der Waals surface area contributed by atoms with Crippen molar-refractivity contribution in [3.8, 4) is 11.4 Å². The van der Waals surface area contributed by atoms with E-state index in [1.807, 2.05) is 49.4 Å². The van der Waals surface area contributed by atoms with Crippen LogP contribution >= 0.6 is 0 Å². The highest BCUT2D eigenvalue weighted by atomic mass is 16.5. The molecule has 1 N–H and O–H groups in total. The van der Waals surface area contributed by atoms with Gasteiger partial charge in [0.15, 0.2) is 0 Å². The van der Waals surface area contributed by atoms with Crippen molar-refractivity contribution in [3.05, 3.63) is 63.9 Å². The van der Waals surface area contributed by atoms with Crippen molar-refractivity contribution in [1.82, 2.24) is 9.97 Å². The summed E-state index contributed by atoms with van der Waals surface area (Å²) in [7, 11) is 0. The lowest BCUT2D eigenvalue weighted by atomic mass is 10.0. The highest BCUT2D eigenvalue weighted by molar-refractivity contribution is 5.80. The van der Waals surface area contributed by atoms with E-state index >= 15 is 0 Å². The molecule has 0 amide bonds. The summed E-state index contributed by atoms with van der Waals surface area (Å²) in [4.78, 5) is 19.9. The fourth-order valence-electron chi connectivity index (χ4n) is 2.63. The number of ether oxygens (including phenoxy) is 1. The van der Waals surface area contributed by atoms with Crippen molar-refractivity contribution in [2.45, 2.75) is 33.3 Å². The number of aromatic nitrogens is 2. The first-order chi connectivity index (χ1) is 11.6. The summed E-state index contributed by atoms with van der Waals surface area (Å²) in [5, 5.41) is 0.637. The zero-order valence-corrected chi connectivity index (χ0v) is 14.3. The fraction of sp³-hybridized carbons (Fsp3) is 0.300. The maximum atomic E-state index is 12.4. The molecule has 0 aliphatic carbocycles. The lowest BCUT2D eigenvalue weighted by molar-refractivity contribution is 0.134. The third-order valence-corrected chi connectivity index (χ3v) is 4.10. The van der Waals surface area contributed by atoms with Gasteiger partial charge in [0.25, 0.3) is 5.56 Å². The van der Waals surface area contributed by atoms with E-state index in [4.69, 9.17) is 4.74 Å². The third-order valence-electron chi connectivity index (χ3n) is 4.10. The van der Waals surface area contributed by atoms with Gasteiger partial charge >= 0.3 is 0 Å². The molecule has 1 aromatic heterocycles. The first kappa shape index (κ1) is 16.4. The van der Waals surface area contributed by atoms with Crippen LogP contribution in [0.5, 0.6) is 0 Å². The Hall–Kier alpha value is -2.46. The molecule has 0 aliphatic heterocycles. The molecule has 0 bridgehead atoms. The second kappa shape index (κ2) is 6.97. The van der Waals surface area contributed by atoms with Crippen LogP contribution in [0.1, 0.15) is 37.8 Å². The smallest absolute Gasteiger partial charge is 0.259 e. The van der Waals surface area contributed by atoms with Crippen molar-refractivity contribution >= 4 is 10.9 Å². The van der Waals surface area contributed by atoms with Crippen LogP contribution in [0.3, 0.4) is 0 Å². The van der Waals surface area contributed by atoms with Crippen LogP contribution in [0.15, 0.2) is 47.3 Å². The lowest BCUT2D eigenvalue weighted by Gasteiger charge is -2.08. The number of hydrogen-bond donors (Lipinski definition) is 1. The number of nitrogens with zero attached hydrogens (tertiary/aromatic N) is 1. The van der Waals surface area contributed by atoms with Gasteiger partial charge in [0, 0.05) is 12.2 Å². The topological polar surface area (TPSA) is 55.0 Å². The molecule has 0 aliphatic rings. The molecule has 4 nitrogen and oxygen atoms in total. The average molecular weight is 322 g/mol. The van der Waals surface area contributed by atoms with Crippen molar-refractivity contribution in [2.24, 2.45) is 0 Å². The first-order valence-electron chi connectivity index (χ1n) is 8.29. The summed E-state index contributed by atoms with van der Waals surface area (Å²) in [5.74, 6) is 0.971. The maximum absolute atomic E-state index is 12.4. The number of hydrogen-bond acceptors (Lipinski definition) is 3. The van der Waals surface area contributed by atoms with Gasteiger partial charge in [-0.15, -0.1) is 0 Å². The van der Waals surface area contributed by atoms with Gasteiger partial charge in [-0.3, -0.25) is 4.79 Å². The third kappa shape index (κ3) is 3.39. The first-order valence-corrected chi connectivity index (χ1v) is 8.29. The van der Waals surface area contributed by atoms with Crippen molar-refractivity contribution < 1.29 is 4.74 Å². The van der Waals surface area contributed by atoms with Crippen molar-refractivity contribution in [3.63, 3.8) is 0 Å². The van der Waals surface area contributed by atoms with E-state index in [9.17, 15) is 4.79 Å². The highest BCUT2D eigenvalue weighted by Gasteiger charge is 2.08. The second-order valence-corrected chi connectivity index (χ2v) is 6.18. The minimum atomic E-state index is -0.101. The minimum absolute atomic E-state index is 0.101. The van der Waals surface area contributed by atoms with Gasteiger partial charge in [0.2, 0.25) is 0 Å². The van der Waals surface area contributed by atoms with Crippen LogP contribution in [0.4, 0.5) is 0 Å². The number of nitrogens with one attached hydrogen (secondary N) is 1. The quantitative estimate of drug-likeness (QED) is 0.764. The van der Waals surface area contributed by atoms with Gasteiger partial charge in [-0.05, 0) is 36.1 Å². The van der Waals surface area contributed by atoms with Gasteiger partial charge in [0.05, 0.1) is 17.5 Å². The number of benzene rings is 2. The zero-order valence-electron chi connectivity index (χ0n) is 14.3. The van der Waals surface area contributed by atoms with E-state index < -0.39 is 0 Å². The Morgan fingerprint density at radius 1 is 1.12 bits per heavy atom.